The van der Waals surface area contributed by atoms with Crippen molar-refractivity contribution in [3.63, 3.8) is 0 Å². The van der Waals surface area contributed by atoms with Crippen molar-refractivity contribution in [2.75, 3.05) is 5.32 Å². The third-order valence-electron chi connectivity index (χ3n) is 3.84. The lowest BCUT2D eigenvalue weighted by atomic mass is 10.1. The van der Waals surface area contributed by atoms with E-state index in [9.17, 15) is 0 Å². The molecule has 1 saturated carbocycles. The maximum atomic E-state index is 4.53. The van der Waals surface area contributed by atoms with Crippen LogP contribution < -0.4 is 5.32 Å². The molecule has 5 nitrogen and oxygen atoms in total. The number of rotatable bonds is 3. The number of anilines is 1. The zero-order chi connectivity index (χ0) is 14.4. The Morgan fingerprint density at radius 1 is 1.14 bits per heavy atom. The molecule has 21 heavy (non-hydrogen) atoms. The van der Waals surface area contributed by atoms with E-state index in [0.717, 1.165) is 28.2 Å². The number of halogens is 1. The summed E-state index contributed by atoms with van der Waals surface area (Å²) in [4.78, 5) is 0. The molecule has 4 rings (SSSR count). The zero-order valence-corrected chi connectivity index (χ0v) is 13.1. The second kappa shape index (κ2) is 4.80. The van der Waals surface area contributed by atoms with Gasteiger partial charge in [-0.1, -0.05) is 28.1 Å². The maximum absolute atomic E-state index is 4.53. The quantitative estimate of drug-likeness (QED) is 0.793. The average Bonchev–Trinajstić information content (AvgIpc) is 3.16. The van der Waals surface area contributed by atoms with Crippen LogP contribution in [-0.4, -0.2) is 25.9 Å². The third kappa shape index (κ3) is 2.40. The van der Waals surface area contributed by atoms with Crippen LogP contribution in [0.3, 0.4) is 0 Å². The van der Waals surface area contributed by atoms with E-state index >= 15 is 0 Å². The van der Waals surface area contributed by atoms with Crippen LogP contribution in [0.25, 0.3) is 5.65 Å². The number of nitrogens with one attached hydrogen (secondary N) is 1. The highest BCUT2D eigenvalue weighted by Gasteiger charge is 2.38. The van der Waals surface area contributed by atoms with E-state index < -0.39 is 0 Å². The Morgan fingerprint density at radius 3 is 2.76 bits per heavy atom. The molecule has 0 radical (unpaired) electrons. The van der Waals surface area contributed by atoms with Crippen LogP contribution in [0, 0.1) is 6.92 Å². The van der Waals surface area contributed by atoms with Crippen LogP contribution in [-0.2, 0) is 0 Å². The first-order valence-corrected chi connectivity index (χ1v) is 7.71. The number of nitrogens with zero attached hydrogens (tertiary/aromatic N) is 4. The largest absolute Gasteiger partial charge is 0.365 e. The minimum absolute atomic E-state index is 0.452. The third-order valence-corrected chi connectivity index (χ3v) is 4.37. The van der Waals surface area contributed by atoms with Gasteiger partial charge < -0.3 is 5.32 Å². The summed E-state index contributed by atoms with van der Waals surface area (Å²) in [5.74, 6) is 2.24. The standard InChI is InChI=1S/C15H14BrN5/c1-9-18-19-15-7-6-14(20-21(9)15)17-13-8-12(13)10-2-4-11(16)5-3-10/h2-7,12-13H,8H2,1H3,(H,17,20). The summed E-state index contributed by atoms with van der Waals surface area (Å²) in [7, 11) is 0. The molecule has 6 heteroatoms. The highest BCUT2D eigenvalue weighted by atomic mass is 79.9. The monoisotopic (exact) mass is 343 g/mol. The molecule has 1 aliphatic rings. The Bertz CT molecular complexity index is 795. The van der Waals surface area contributed by atoms with Gasteiger partial charge in [0.25, 0.3) is 0 Å². The summed E-state index contributed by atoms with van der Waals surface area (Å²) in [5.41, 5.74) is 2.15. The van der Waals surface area contributed by atoms with E-state index in [0.29, 0.717) is 12.0 Å². The van der Waals surface area contributed by atoms with Crippen molar-refractivity contribution in [2.24, 2.45) is 0 Å². The molecular weight excluding hydrogens is 330 g/mol. The number of benzene rings is 1. The summed E-state index contributed by atoms with van der Waals surface area (Å²) in [6, 6.07) is 12.9. The highest BCUT2D eigenvalue weighted by Crippen LogP contribution is 2.42. The lowest BCUT2D eigenvalue weighted by Gasteiger charge is -2.06. The van der Waals surface area contributed by atoms with Gasteiger partial charge in [0.15, 0.2) is 11.5 Å². The maximum Gasteiger partial charge on any atom is 0.178 e. The number of aromatic nitrogens is 4. The van der Waals surface area contributed by atoms with Gasteiger partial charge in [-0.2, -0.15) is 4.52 Å². The van der Waals surface area contributed by atoms with Gasteiger partial charge in [0.1, 0.15) is 5.82 Å². The summed E-state index contributed by atoms with van der Waals surface area (Å²) < 4.78 is 2.88. The fourth-order valence-corrected chi connectivity index (χ4v) is 2.86. The molecule has 2 atom stereocenters. The van der Waals surface area contributed by atoms with E-state index in [4.69, 9.17) is 0 Å². The lowest BCUT2D eigenvalue weighted by molar-refractivity contribution is 0.868. The van der Waals surface area contributed by atoms with Crippen LogP contribution in [0.2, 0.25) is 0 Å². The molecule has 2 unspecified atom stereocenters. The first-order valence-electron chi connectivity index (χ1n) is 6.92. The predicted octanol–water partition coefficient (Wildman–Crippen LogP) is 3.16. The number of aryl methyl sites for hydroxylation is 1. The molecule has 1 aromatic carbocycles. The Hall–Kier alpha value is -1.95. The van der Waals surface area contributed by atoms with Gasteiger partial charge in [-0.3, -0.25) is 0 Å². The number of hydrogen-bond donors (Lipinski definition) is 1. The van der Waals surface area contributed by atoms with Gasteiger partial charge in [-0.25, -0.2) is 0 Å². The minimum atomic E-state index is 0.452. The normalized spacial score (nSPS) is 20.7. The smallest absolute Gasteiger partial charge is 0.178 e. The second-order valence-electron chi connectivity index (χ2n) is 5.38. The highest BCUT2D eigenvalue weighted by molar-refractivity contribution is 9.10. The van der Waals surface area contributed by atoms with Gasteiger partial charge >= 0.3 is 0 Å². The van der Waals surface area contributed by atoms with Crippen LogP contribution >= 0.6 is 15.9 Å². The lowest BCUT2D eigenvalue weighted by Crippen LogP contribution is -2.08. The first kappa shape index (κ1) is 12.8. The van der Waals surface area contributed by atoms with Crippen LogP contribution in [0.15, 0.2) is 40.9 Å². The fraction of sp³-hybridized carbons (Fsp3) is 0.267. The van der Waals surface area contributed by atoms with Crippen LogP contribution in [0.5, 0.6) is 0 Å². The molecular formula is C15H14BrN5. The first-order chi connectivity index (χ1) is 10.2. The van der Waals surface area contributed by atoms with E-state index in [1.165, 1.54) is 5.56 Å². The Kier molecular flexibility index (Phi) is 2.92. The molecule has 0 aliphatic heterocycles. The molecule has 2 aromatic heterocycles. The molecule has 106 valence electrons. The molecule has 1 aliphatic carbocycles. The fourth-order valence-electron chi connectivity index (χ4n) is 2.60. The van der Waals surface area contributed by atoms with Crippen molar-refractivity contribution < 1.29 is 0 Å². The van der Waals surface area contributed by atoms with Gasteiger partial charge in [0.2, 0.25) is 0 Å². The summed E-state index contributed by atoms with van der Waals surface area (Å²) in [5, 5.41) is 16.1. The molecule has 2 heterocycles. The van der Waals surface area contributed by atoms with Crippen molar-refractivity contribution in [1.29, 1.82) is 0 Å². The molecule has 3 aromatic rings. The van der Waals surface area contributed by atoms with Gasteiger partial charge in [0.05, 0.1) is 0 Å². The van der Waals surface area contributed by atoms with E-state index in [-0.39, 0.29) is 0 Å². The number of hydrogen-bond acceptors (Lipinski definition) is 4. The Balaban J connectivity index is 1.51. The molecule has 0 saturated heterocycles. The van der Waals surface area contributed by atoms with Crippen molar-refractivity contribution in [3.8, 4) is 0 Å². The average molecular weight is 344 g/mol. The Labute approximate surface area is 130 Å². The van der Waals surface area contributed by atoms with E-state index in [1.54, 1.807) is 4.52 Å². The predicted molar refractivity (Wildman–Crippen MR) is 84.4 cm³/mol. The molecule has 1 fully saturated rings. The zero-order valence-electron chi connectivity index (χ0n) is 11.5. The molecule has 0 bridgehead atoms. The van der Waals surface area contributed by atoms with E-state index in [1.807, 2.05) is 19.1 Å². The Morgan fingerprint density at radius 2 is 1.95 bits per heavy atom. The van der Waals surface area contributed by atoms with Crippen molar-refractivity contribution in [2.45, 2.75) is 25.3 Å². The van der Waals surface area contributed by atoms with Crippen molar-refractivity contribution in [3.05, 3.63) is 52.3 Å². The molecule has 0 spiro atoms. The SMILES string of the molecule is Cc1nnc2ccc(NC3CC3c3ccc(Br)cc3)nn12. The number of fused-ring (bicyclic) bond motifs is 1. The van der Waals surface area contributed by atoms with Gasteiger partial charge in [-0.05, 0) is 43.2 Å². The van der Waals surface area contributed by atoms with Crippen molar-refractivity contribution in [1.82, 2.24) is 19.8 Å². The topological polar surface area (TPSA) is 55.1 Å². The summed E-state index contributed by atoms with van der Waals surface area (Å²) in [6.45, 7) is 1.90. The summed E-state index contributed by atoms with van der Waals surface area (Å²) >= 11 is 3.47. The molecule has 1 N–H and O–H groups in total. The van der Waals surface area contributed by atoms with Crippen molar-refractivity contribution >= 4 is 27.4 Å². The second-order valence-corrected chi connectivity index (χ2v) is 6.30. The minimum Gasteiger partial charge on any atom is -0.365 e. The van der Waals surface area contributed by atoms with E-state index in [2.05, 4.69) is 60.8 Å². The summed E-state index contributed by atoms with van der Waals surface area (Å²) in [6.07, 6.45) is 1.14. The van der Waals surface area contributed by atoms with Crippen LogP contribution in [0.4, 0.5) is 5.82 Å². The van der Waals surface area contributed by atoms with Gasteiger partial charge in [0, 0.05) is 16.4 Å². The molecule has 0 amide bonds. The van der Waals surface area contributed by atoms with Gasteiger partial charge in [-0.15, -0.1) is 15.3 Å². The van der Waals surface area contributed by atoms with Crippen LogP contribution in [0.1, 0.15) is 23.7 Å².